The summed E-state index contributed by atoms with van der Waals surface area (Å²) in [6.45, 7) is 0.678. The van der Waals surface area contributed by atoms with Crippen molar-refractivity contribution < 1.29 is 19.1 Å². The number of hydrogen-bond acceptors (Lipinski definition) is 10. The fourth-order valence-electron chi connectivity index (χ4n) is 2.86. The zero-order valence-electron chi connectivity index (χ0n) is 18.4. The van der Waals surface area contributed by atoms with Crippen LogP contribution in [0.3, 0.4) is 0 Å². The molecule has 11 heteroatoms. The van der Waals surface area contributed by atoms with E-state index in [1.165, 1.54) is 14.2 Å². The molecule has 174 valence electrons. The number of esters is 1. The summed E-state index contributed by atoms with van der Waals surface area (Å²) in [5, 5.41) is 7.95. The molecule has 0 aliphatic carbocycles. The van der Waals surface area contributed by atoms with Crippen molar-refractivity contribution >= 4 is 40.4 Å². The average molecular weight is 473 g/mol. The van der Waals surface area contributed by atoms with Crippen molar-refractivity contribution in [1.82, 2.24) is 20.7 Å². The highest BCUT2D eigenvalue weighted by atomic mass is 35.5. The van der Waals surface area contributed by atoms with Crippen LogP contribution < -0.4 is 26.6 Å². The van der Waals surface area contributed by atoms with Gasteiger partial charge in [0.15, 0.2) is 23.0 Å². The van der Waals surface area contributed by atoms with Crippen LogP contribution in [0.15, 0.2) is 48.8 Å². The lowest BCUT2D eigenvalue weighted by Crippen LogP contribution is -2.15. The van der Waals surface area contributed by atoms with Gasteiger partial charge in [0.1, 0.15) is 0 Å². The van der Waals surface area contributed by atoms with Crippen molar-refractivity contribution in [3.63, 3.8) is 0 Å². The Morgan fingerprint density at radius 1 is 1.12 bits per heavy atom. The Labute approximate surface area is 196 Å². The second kappa shape index (κ2) is 12.8. The Morgan fingerprint density at radius 2 is 1.85 bits per heavy atom. The molecular formula is C22H25ClN6O4. The van der Waals surface area contributed by atoms with E-state index in [4.69, 9.17) is 22.2 Å². The highest BCUT2D eigenvalue weighted by Crippen LogP contribution is 2.24. The predicted octanol–water partition coefficient (Wildman–Crippen LogP) is 2.64. The number of hydrazine groups is 1. The summed E-state index contributed by atoms with van der Waals surface area (Å²) in [7, 11) is 4.24. The van der Waals surface area contributed by atoms with Gasteiger partial charge in [-0.1, -0.05) is 48.0 Å². The Kier molecular flexibility index (Phi) is 9.87. The molecule has 0 aliphatic heterocycles. The van der Waals surface area contributed by atoms with Gasteiger partial charge in [0, 0.05) is 31.6 Å². The number of halogens is 1. The van der Waals surface area contributed by atoms with Crippen molar-refractivity contribution in [1.29, 1.82) is 0 Å². The van der Waals surface area contributed by atoms with Crippen LogP contribution in [0.4, 0.5) is 5.82 Å². The van der Waals surface area contributed by atoms with Crippen molar-refractivity contribution in [2.24, 2.45) is 5.84 Å². The minimum absolute atomic E-state index is 0.0289. The van der Waals surface area contributed by atoms with Gasteiger partial charge in [-0.3, -0.25) is 10.6 Å². The van der Waals surface area contributed by atoms with Gasteiger partial charge in [0.25, 0.3) is 5.88 Å². The molecule has 10 nitrogen and oxygen atoms in total. The van der Waals surface area contributed by atoms with Crippen LogP contribution in [0.2, 0.25) is 5.15 Å². The van der Waals surface area contributed by atoms with Crippen LogP contribution >= 0.6 is 11.6 Å². The highest BCUT2D eigenvalue weighted by Gasteiger charge is 2.18. The standard InChI is InChI=1S/C14H15N3O.C8H10ClN3O3/c15-17-8-7-16-9-11-5-6-12(10-18)14-4-2-1-3-13(11)14;1-10-6-4(8(13)15-3)11-7(14-2)5(9)12-6/h1-8,10,16-17H,9,15H2;1-3H3,(H,10,12)/b8-7-;. The maximum absolute atomic E-state index is 11.3. The molecule has 0 unspecified atom stereocenters. The SMILES string of the molecule is CNc1nc(Cl)c(OC)nc1C(=O)OC.NN/C=C\NCc1ccc(C=O)c2ccccc12. The summed E-state index contributed by atoms with van der Waals surface area (Å²) in [6.07, 6.45) is 4.24. The van der Waals surface area contributed by atoms with E-state index in [-0.39, 0.29) is 22.5 Å². The summed E-state index contributed by atoms with van der Waals surface area (Å²) in [6, 6.07) is 11.7. The largest absolute Gasteiger partial charge is 0.479 e. The van der Waals surface area contributed by atoms with Crippen molar-refractivity contribution in [3.8, 4) is 5.88 Å². The lowest BCUT2D eigenvalue weighted by Gasteiger charge is -2.08. The molecular weight excluding hydrogens is 448 g/mol. The number of aromatic nitrogens is 2. The van der Waals surface area contributed by atoms with Crippen LogP contribution in [0, 0.1) is 0 Å². The van der Waals surface area contributed by atoms with E-state index < -0.39 is 5.97 Å². The van der Waals surface area contributed by atoms with E-state index in [0.717, 1.165) is 22.6 Å². The number of carbonyl (C=O) groups excluding carboxylic acids is 2. The third kappa shape index (κ3) is 6.55. The van der Waals surface area contributed by atoms with Gasteiger partial charge in [-0.15, -0.1) is 0 Å². The number of methoxy groups -OCH3 is 2. The maximum atomic E-state index is 11.3. The number of fused-ring (bicyclic) bond motifs is 1. The van der Waals surface area contributed by atoms with Gasteiger partial charge in [-0.05, 0) is 16.3 Å². The Balaban J connectivity index is 0.000000238. The van der Waals surface area contributed by atoms with Crippen molar-refractivity contribution in [2.45, 2.75) is 6.54 Å². The van der Waals surface area contributed by atoms with Crippen molar-refractivity contribution in [3.05, 3.63) is 70.8 Å². The van der Waals surface area contributed by atoms with Gasteiger partial charge >= 0.3 is 5.97 Å². The first-order valence-electron chi connectivity index (χ1n) is 9.68. The number of benzene rings is 2. The number of nitrogens with one attached hydrogen (secondary N) is 3. The number of aldehydes is 1. The molecule has 1 aromatic heterocycles. The normalized spacial score (nSPS) is 10.2. The molecule has 33 heavy (non-hydrogen) atoms. The van der Waals surface area contributed by atoms with Crippen LogP contribution in [0.25, 0.3) is 10.8 Å². The van der Waals surface area contributed by atoms with E-state index >= 15 is 0 Å². The van der Waals surface area contributed by atoms with E-state index in [9.17, 15) is 9.59 Å². The van der Waals surface area contributed by atoms with E-state index in [2.05, 4.69) is 30.8 Å². The van der Waals surface area contributed by atoms with Gasteiger partial charge < -0.3 is 25.5 Å². The quantitative estimate of drug-likeness (QED) is 0.167. The number of ether oxygens (including phenoxy) is 2. The topological polar surface area (TPSA) is 140 Å². The minimum Gasteiger partial charge on any atom is -0.479 e. The third-order valence-electron chi connectivity index (χ3n) is 4.40. The fourth-order valence-corrected chi connectivity index (χ4v) is 3.06. The molecule has 0 radical (unpaired) electrons. The smallest absolute Gasteiger partial charge is 0.360 e. The Bertz CT molecular complexity index is 1140. The summed E-state index contributed by atoms with van der Waals surface area (Å²) in [5.41, 5.74) is 4.30. The minimum atomic E-state index is -0.609. The number of anilines is 1. The third-order valence-corrected chi connectivity index (χ3v) is 4.64. The zero-order valence-corrected chi connectivity index (χ0v) is 19.1. The maximum Gasteiger partial charge on any atom is 0.360 e. The number of rotatable bonds is 8. The molecule has 3 aromatic rings. The fraction of sp³-hybridized carbons (Fsp3) is 0.182. The molecule has 1 heterocycles. The van der Waals surface area contributed by atoms with E-state index in [1.54, 1.807) is 19.4 Å². The summed E-state index contributed by atoms with van der Waals surface area (Å²) < 4.78 is 9.38. The second-order valence-corrected chi connectivity index (χ2v) is 6.68. The van der Waals surface area contributed by atoms with Crippen LogP contribution in [-0.4, -0.2) is 43.5 Å². The summed E-state index contributed by atoms with van der Waals surface area (Å²) in [4.78, 5) is 30.1. The molecule has 3 rings (SSSR count). The van der Waals surface area contributed by atoms with Gasteiger partial charge in [0.05, 0.1) is 14.2 Å². The van der Waals surface area contributed by atoms with Crippen LogP contribution in [0.1, 0.15) is 26.4 Å². The molecule has 2 aromatic carbocycles. The highest BCUT2D eigenvalue weighted by molar-refractivity contribution is 6.30. The first-order valence-corrected chi connectivity index (χ1v) is 10.1. The molecule has 5 N–H and O–H groups in total. The predicted molar refractivity (Wildman–Crippen MR) is 127 cm³/mol. The first kappa shape index (κ1) is 25.4. The molecule has 0 atom stereocenters. The summed E-state index contributed by atoms with van der Waals surface area (Å²) >= 11 is 5.74. The Hall–Kier alpha value is -3.89. The number of carbonyl (C=O) groups is 2. The van der Waals surface area contributed by atoms with Gasteiger partial charge in [-0.25, -0.2) is 9.78 Å². The average Bonchev–Trinajstić information content (AvgIpc) is 2.86. The molecule has 0 spiro atoms. The lowest BCUT2D eigenvalue weighted by molar-refractivity contribution is 0.0593. The molecule has 0 aliphatic rings. The summed E-state index contributed by atoms with van der Waals surface area (Å²) in [5.74, 6) is 4.83. The van der Waals surface area contributed by atoms with Crippen molar-refractivity contribution in [2.75, 3.05) is 26.6 Å². The van der Waals surface area contributed by atoms with Gasteiger partial charge in [0.2, 0.25) is 0 Å². The van der Waals surface area contributed by atoms with Crippen LogP contribution in [0.5, 0.6) is 5.88 Å². The second-order valence-electron chi connectivity index (χ2n) is 6.32. The molecule has 0 saturated carbocycles. The lowest BCUT2D eigenvalue weighted by atomic mass is 10.0. The first-order chi connectivity index (χ1) is 16.0. The zero-order chi connectivity index (χ0) is 24.2. The molecule has 0 fully saturated rings. The number of nitrogens with two attached hydrogens (primary N) is 1. The van der Waals surface area contributed by atoms with E-state index in [0.29, 0.717) is 12.1 Å². The molecule has 0 bridgehead atoms. The van der Waals surface area contributed by atoms with E-state index in [1.807, 2.05) is 36.4 Å². The number of nitrogens with zero attached hydrogens (tertiary/aromatic N) is 2. The van der Waals surface area contributed by atoms with Crippen LogP contribution in [-0.2, 0) is 11.3 Å². The molecule has 0 amide bonds. The van der Waals surface area contributed by atoms with Gasteiger partial charge in [-0.2, -0.15) is 4.98 Å². The Morgan fingerprint density at radius 3 is 2.45 bits per heavy atom. The monoisotopic (exact) mass is 472 g/mol. The number of hydrogen-bond donors (Lipinski definition) is 4. The molecule has 0 saturated heterocycles.